The summed E-state index contributed by atoms with van der Waals surface area (Å²) in [4.78, 5) is 61.2. The van der Waals surface area contributed by atoms with Crippen LogP contribution in [-0.2, 0) is 38.1 Å². The van der Waals surface area contributed by atoms with Crippen LogP contribution in [0.3, 0.4) is 0 Å². The van der Waals surface area contributed by atoms with Crippen LogP contribution in [0, 0.1) is 22.0 Å². The van der Waals surface area contributed by atoms with Crippen molar-refractivity contribution in [3.63, 3.8) is 0 Å². The van der Waals surface area contributed by atoms with Crippen molar-refractivity contribution in [2.24, 2.45) is 11.8 Å². The van der Waals surface area contributed by atoms with E-state index in [-0.39, 0.29) is 37.7 Å². The first-order valence-corrected chi connectivity index (χ1v) is 9.72. The number of nitro benzene ring substituents is 1. The Labute approximate surface area is 185 Å². The lowest BCUT2D eigenvalue weighted by Gasteiger charge is -2.29. The first kappa shape index (κ1) is 26.9. The maximum absolute atomic E-state index is 12.8. The molecule has 1 rings (SSSR count). The molecule has 0 spiro atoms. The fraction of sp³-hybridized carbons (Fsp3) is 0.524. The molecule has 0 bridgehead atoms. The maximum atomic E-state index is 12.8. The zero-order valence-electron chi connectivity index (χ0n) is 18.4. The molecule has 0 aromatic heterocycles. The number of carbonyl (C=O) groups is 4. The van der Waals surface area contributed by atoms with E-state index in [1.54, 1.807) is 0 Å². The summed E-state index contributed by atoms with van der Waals surface area (Å²) in [7, 11) is 2.79. The van der Waals surface area contributed by atoms with E-state index in [0.717, 1.165) is 19.9 Å². The van der Waals surface area contributed by atoms with Crippen LogP contribution in [0.1, 0.15) is 25.3 Å². The summed E-state index contributed by atoms with van der Waals surface area (Å²) >= 11 is 0. The van der Waals surface area contributed by atoms with Gasteiger partial charge in [-0.1, -0.05) is 12.1 Å². The fourth-order valence-corrected chi connectivity index (χ4v) is 3.18. The molecule has 1 aromatic rings. The molecule has 32 heavy (non-hydrogen) atoms. The number of benzene rings is 1. The van der Waals surface area contributed by atoms with Gasteiger partial charge in [0.15, 0.2) is 0 Å². The average molecular weight is 453 g/mol. The van der Waals surface area contributed by atoms with Crippen molar-refractivity contribution in [1.82, 2.24) is 0 Å². The Morgan fingerprint density at radius 2 is 1.34 bits per heavy atom. The van der Waals surface area contributed by atoms with Gasteiger partial charge in [-0.2, -0.15) is 0 Å². The molecular formula is C21H27NO10. The monoisotopic (exact) mass is 453 g/mol. The van der Waals surface area contributed by atoms with Gasteiger partial charge in [-0.05, 0) is 19.4 Å². The first-order valence-electron chi connectivity index (χ1n) is 9.72. The molecule has 0 radical (unpaired) electrons. The number of non-ortho nitro benzene ring substituents is 1. The van der Waals surface area contributed by atoms with Gasteiger partial charge in [0, 0.05) is 32.3 Å². The Balaban J connectivity index is 3.55. The van der Waals surface area contributed by atoms with E-state index < -0.39 is 46.2 Å². The van der Waals surface area contributed by atoms with Gasteiger partial charge in [0.1, 0.15) is 36.6 Å². The third kappa shape index (κ3) is 7.50. The minimum absolute atomic E-state index is 0.0625. The molecule has 0 N–H and O–H groups in total. The number of esters is 2. The van der Waals surface area contributed by atoms with Crippen LogP contribution < -0.4 is 0 Å². The predicted molar refractivity (Wildman–Crippen MR) is 110 cm³/mol. The molecule has 176 valence electrons. The standard InChI is InChI=1S/C21H27NO10/c1-13(23)17(20(25)31-10-8-29-3)19(15-6-5-7-16(12-15)22(27)28)18(14(2)24)21(26)32-11-9-30-4/h5-7,12,17-19H,8-11H2,1-4H3/t17-,18+,19?. The normalized spacial score (nSPS) is 13.5. The quantitative estimate of drug-likeness (QED) is 0.133. The molecule has 1 unspecified atom stereocenters. The Hall–Kier alpha value is -3.18. The van der Waals surface area contributed by atoms with E-state index in [0.29, 0.717) is 0 Å². The summed E-state index contributed by atoms with van der Waals surface area (Å²) in [5.41, 5.74) is -0.260. The largest absolute Gasteiger partial charge is 0.463 e. The highest BCUT2D eigenvalue weighted by atomic mass is 16.6. The number of hydrogen-bond acceptors (Lipinski definition) is 10. The van der Waals surface area contributed by atoms with Crippen molar-refractivity contribution >= 4 is 29.2 Å². The van der Waals surface area contributed by atoms with Gasteiger partial charge in [0.05, 0.1) is 18.1 Å². The second kappa shape index (κ2) is 13.3. The van der Waals surface area contributed by atoms with Crippen LogP contribution in [0.15, 0.2) is 24.3 Å². The molecule has 11 heteroatoms. The van der Waals surface area contributed by atoms with Gasteiger partial charge in [0.2, 0.25) is 0 Å². The highest BCUT2D eigenvalue weighted by Gasteiger charge is 2.45. The summed E-state index contributed by atoms with van der Waals surface area (Å²) in [6, 6.07) is 5.05. The zero-order chi connectivity index (χ0) is 24.3. The smallest absolute Gasteiger partial charge is 0.317 e. The van der Waals surface area contributed by atoms with E-state index in [2.05, 4.69) is 0 Å². The van der Waals surface area contributed by atoms with Gasteiger partial charge in [-0.15, -0.1) is 0 Å². The number of nitro groups is 1. The number of methoxy groups -OCH3 is 2. The van der Waals surface area contributed by atoms with Gasteiger partial charge in [-0.25, -0.2) is 0 Å². The van der Waals surface area contributed by atoms with E-state index >= 15 is 0 Å². The molecule has 0 aliphatic rings. The molecule has 1 aromatic carbocycles. The van der Waals surface area contributed by atoms with E-state index in [9.17, 15) is 29.3 Å². The van der Waals surface area contributed by atoms with Crippen LogP contribution in [0.2, 0.25) is 0 Å². The number of ether oxygens (including phenoxy) is 4. The fourth-order valence-electron chi connectivity index (χ4n) is 3.18. The molecule has 0 aliphatic heterocycles. The van der Waals surface area contributed by atoms with Gasteiger partial charge >= 0.3 is 11.9 Å². The van der Waals surface area contributed by atoms with Crippen molar-refractivity contribution in [2.45, 2.75) is 19.8 Å². The summed E-state index contributed by atoms with van der Waals surface area (Å²) < 4.78 is 19.8. The summed E-state index contributed by atoms with van der Waals surface area (Å²) in [5, 5.41) is 11.3. The van der Waals surface area contributed by atoms with Gasteiger partial charge < -0.3 is 18.9 Å². The lowest BCUT2D eigenvalue weighted by molar-refractivity contribution is -0.385. The van der Waals surface area contributed by atoms with Crippen LogP contribution in [0.5, 0.6) is 0 Å². The van der Waals surface area contributed by atoms with Crippen molar-refractivity contribution in [3.05, 3.63) is 39.9 Å². The molecule has 0 saturated carbocycles. The second-order valence-corrected chi connectivity index (χ2v) is 6.88. The van der Waals surface area contributed by atoms with E-state index in [1.165, 1.54) is 32.4 Å². The SMILES string of the molecule is COCCOC(=O)[C@@H](C(C)=O)C(c1cccc([N+](=O)[O-])c1)[C@@H](C(C)=O)C(=O)OCCOC. The highest BCUT2D eigenvalue weighted by molar-refractivity contribution is 6.04. The Bertz CT molecular complexity index is 798. The number of hydrogen-bond donors (Lipinski definition) is 0. The van der Waals surface area contributed by atoms with Crippen LogP contribution >= 0.6 is 0 Å². The molecule has 11 nitrogen and oxygen atoms in total. The minimum atomic E-state index is -1.59. The van der Waals surface area contributed by atoms with E-state index in [4.69, 9.17) is 18.9 Å². The van der Waals surface area contributed by atoms with Crippen LogP contribution in [-0.4, -0.2) is 69.1 Å². The number of Topliss-reactive ketones (excluding diaryl/α,β-unsaturated/α-hetero) is 2. The number of nitrogens with zero attached hydrogens (tertiary/aromatic N) is 1. The Morgan fingerprint density at radius 1 is 0.875 bits per heavy atom. The molecule has 0 amide bonds. The third-order valence-electron chi connectivity index (χ3n) is 4.63. The van der Waals surface area contributed by atoms with Crippen molar-refractivity contribution in [2.75, 3.05) is 40.6 Å². The van der Waals surface area contributed by atoms with Crippen molar-refractivity contribution in [3.8, 4) is 0 Å². The first-order chi connectivity index (χ1) is 15.1. The summed E-state index contributed by atoms with van der Waals surface area (Å²) in [5.74, 6) is -7.88. The molecule has 0 saturated heterocycles. The second-order valence-electron chi connectivity index (χ2n) is 6.88. The molecule has 0 aliphatic carbocycles. The lowest BCUT2D eigenvalue weighted by Crippen LogP contribution is -2.41. The van der Waals surface area contributed by atoms with Crippen molar-refractivity contribution in [1.29, 1.82) is 0 Å². The molecule has 0 heterocycles. The summed E-state index contributed by atoms with van der Waals surface area (Å²) in [6.45, 7) is 2.02. The van der Waals surface area contributed by atoms with E-state index in [1.807, 2.05) is 0 Å². The predicted octanol–water partition coefficient (Wildman–Crippen LogP) is 1.47. The van der Waals surface area contributed by atoms with Crippen LogP contribution in [0.25, 0.3) is 0 Å². The maximum Gasteiger partial charge on any atom is 0.317 e. The van der Waals surface area contributed by atoms with Crippen LogP contribution in [0.4, 0.5) is 5.69 Å². The number of carbonyl (C=O) groups excluding carboxylic acids is 4. The highest BCUT2D eigenvalue weighted by Crippen LogP contribution is 2.37. The molecule has 3 atom stereocenters. The van der Waals surface area contributed by atoms with Crippen molar-refractivity contribution < 1.29 is 43.0 Å². The Kier molecular flexibility index (Phi) is 11.1. The minimum Gasteiger partial charge on any atom is -0.463 e. The number of ketones is 2. The Morgan fingerprint density at radius 3 is 1.72 bits per heavy atom. The van der Waals surface area contributed by atoms with Gasteiger partial charge in [-0.3, -0.25) is 29.3 Å². The molecular weight excluding hydrogens is 426 g/mol. The topological polar surface area (TPSA) is 148 Å². The third-order valence-corrected chi connectivity index (χ3v) is 4.63. The molecule has 0 fully saturated rings. The lowest BCUT2D eigenvalue weighted by atomic mass is 9.73. The average Bonchev–Trinajstić information content (AvgIpc) is 2.73. The zero-order valence-corrected chi connectivity index (χ0v) is 18.4. The number of rotatable bonds is 14. The van der Waals surface area contributed by atoms with Gasteiger partial charge in [0.25, 0.3) is 5.69 Å². The summed E-state index contributed by atoms with van der Waals surface area (Å²) in [6.07, 6.45) is 0.